The van der Waals surface area contributed by atoms with Gasteiger partial charge in [-0.2, -0.15) is 0 Å². The number of nitrogens with two attached hydrogens (primary N) is 1. The number of ether oxygens (including phenoxy) is 1. The van der Waals surface area contributed by atoms with E-state index in [0.717, 1.165) is 5.56 Å². The quantitative estimate of drug-likeness (QED) is 0.792. The zero-order valence-corrected chi connectivity index (χ0v) is 9.18. The molecule has 0 aliphatic rings. The van der Waals surface area contributed by atoms with Gasteiger partial charge in [0.2, 0.25) is 0 Å². The standard InChI is InChI=1S/C10H13ClFNO2/c1-14-6-8-9(11)4-7(2-3-15-13)5-10(8)12/h4-5H,2-3,6,13H2,1H3. The average Bonchev–Trinajstić information content (AvgIpc) is 2.20. The van der Waals surface area contributed by atoms with Crippen LogP contribution in [-0.4, -0.2) is 13.7 Å². The van der Waals surface area contributed by atoms with Gasteiger partial charge in [-0.25, -0.2) is 10.3 Å². The van der Waals surface area contributed by atoms with Crippen LogP contribution in [0.3, 0.4) is 0 Å². The maximum atomic E-state index is 13.5. The molecule has 2 N–H and O–H groups in total. The van der Waals surface area contributed by atoms with E-state index in [1.54, 1.807) is 6.07 Å². The minimum absolute atomic E-state index is 0.165. The van der Waals surface area contributed by atoms with Gasteiger partial charge in [0, 0.05) is 17.7 Å². The summed E-state index contributed by atoms with van der Waals surface area (Å²) in [5, 5.41) is 0.365. The number of methoxy groups -OCH3 is 1. The highest BCUT2D eigenvalue weighted by Crippen LogP contribution is 2.22. The molecule has 1 aromatic carbocycles. The Morgan fingerprint density at radius 2 is 2.20 bits per heavy atom. The van der Waals surface area contributed by atoms with Gasteiger partial charge in [0.05, 0.1) is 13.2 Å². The van der Waals surface area contributed by atoms with Crippen molar-refractivity contribution >= 4 is 11.6 Å². The SMILES string of the molecule is COCc1c(F)cc(CCON)cc1Cl. The van der Waals surface area contributed by atoms with Gasteiger partial charge in [0.25, 0.3) is 0 Å². The van der Waals surface area contributed by atoms with Crippen LogP contribution in [0, 0.1) is 5.82 Å². The number of rotatable bonds is 5. The predicted octanol–water partition coefficient (Wildman–Crippen LogP) is 2.06. The summed E-state index contributed by atoms with van der Waals surface area (Å²) in [6.45, 7) is 0.498. The van der Waals surface area contributed by atoms with Gasteiger partial charge in [-0.1, -0.05) is 11.6 Å². The summed E-state index contributed by atoms with van der Waals surface area (Å²) in [5.74, 6) is 4.52. The normalized spacial score (nSPS) is 10.7. The molecule has 0 aliphatic heterocycles. The first-order valence-electron chi connectivity index (χ1n) is 4.46. The maximum Gasteiger partial charge on any atom is 0.130 e. The highest BCUT2D eigenvalue weighted by molar-refractivity contribution is 6.31. The fourth-order valence-corrected chi connectivity index (χ4v) is 1.54. The number of hydrogen-bond donors (Lipinski definition) is 1. The molecule has 84 valence electrons. The Balaban J connectivity index is 2.87. The second-order valence-electron chi connectivity index (χ2n) is 3.09. The molecule has 1 aromatic rings. The Hall–Kier alpha value is -0.680. The highest BCUT2D eigenvalue weighted by Gasteiger charge is 2.09. The fourth-order valence-electron chi connectivity index (χ4n) is 1.26. The molecule has 0 bridgehead atoms. The van der Waals surface area contributed by atoms with E-state index in [4.69, 9.17) is 22.2 Å². The second-order valence-corrected chi connectivity index (χ2v) is 3.50. The first-order chi connectivity index (χ1) is 7.19. The molecule has 0 saturated carbocycles. The van der Waals surface area contributed by atoms with E-state index >= 15 is 0 Å². The summed E-state index contributed by atoms with van der Waals surface area (Å²) in [6.07, 6.45) is 0.528. The first kappa shape index (κ1) is 12.4. The molecule has 0 saturated heterocycles. The van der Waals surface area contributed by atoms with Crippen molar-refractivity contribution < 1.29 is 14.0 Å². The van der Waals surface area contributed by atoms with Crippen molar-refractivity contribution in [3.05, 3.63) is 34.1 Å². The molecule has 0 radical (unpaired) electrons. The van der Waals surface area contributed by atoms with Crippen molar-refractivity contribution in [2.24, 2.45) is 5.90 Å². The summed E-state index contributed by atoms with van der Waals surface area (Å²) in [7, 11) is 1.49. The average molecular weight is 234 g/mol. The molecule has 0 aliphatic carbocycles. The van der Waals surface area contributed by atoms with Crippen LogP contribution in [-0.2, 0) is 22.6 Å². The number of benzene rings is 1. The molecule has 0 unspecified atom stereocenters. The van der Waals surface area contributed by atoms with E-state index in [0.29, 0.717) is 23.6 Å². The molecule has 0 aromatic heterocycles. The van der Waals surface area contributed by atoms with Crippen molar-refractivity contribution in [3.63, 3.8) is 0 Å². The summed E-state index contributed by atoms with van der Waals surface area (Å²) in [6, 6.07) is 3.11. The second kappa shape index (κ2) is 6.02. The van der Waals surface area contributed by atoms with Crippen molar-refractivity contribution in [2.45, 2.75) is 13.0 Å². The zero-order chi connectivity index (χ0) is 11.3. The Morgan fingerprint density at radius 1 is 1.47 bits per heavy atom. The third-order valence-electron chi connectivity index (χ3n) is 2.00. The first-order valence-corrected chi connectivity index (χ1v) is 4.84. The van der Waals surface area contributed by atoms with Gasteiger partial charge in [-0.15, -0.1) is 0 Å². The molecule has 0 amide bonds. The van der Waals surface area contributed by atoms with Gasteiger partial charge in [-0.3, -0.25) is 0 Å². The summed E-state index contributed by atoms with van der Waals surface area (Å²) < 4.78 is 18.3. The third-order valence-corrected chi connectivity index (χ3v) is 2.34. The fraction of sp³-hybridized carbons (Fsp3) is 0.400. The summed E-state index contributed by atoms with van der Waals surface area (Å²) in [4.78, 5) is 4.41. The molecule has 5 heteroatoms. The monoisotopic (exact) mass is 233 g/mol. The largest absolute Gasteiger partial charge is 0.380 e. The summed E-state index contributed by atoms with van der Waals surface area (Å²) in [5.41, 5.74) is 1.12. The molecule has 1 rings (SSSR count). The predicted molar refractivity (Wildman–Crippen MR) is 56.0 cm³/mol. The highest BCUT2D eigenvalue weighted by atomic mass is 35.5. The summed E-state index contributed by atoms with van der Waals surface area (Å²) >= 11 is 5.90. The Bertz CT molecular complexity index is 310. The Morgan fingerprint density at radius 3 is 2.73 bits per heavy atom. The van der Waals surface area contributed by atoms with Crippen molar-refractivity contribution in [1.29, 1.82) is 0 Å². The molecule has 0 fully saturated rings. The Kier molecular flexibility index (Phi) is 4.98. The van der Waals surface area contributed by atoms with Crippen LogP contribution in [0.5, 0.6) is 0 Å². The maximum absolute atomic E-state index is 13.5. The zero-order valence-electron chi connectivity index (χ0n) is 8.43. The topological polar surface area (TPSA) is 44.5 Å². The van der Waals surface area contributed by atoms with E-state index in [2.05, 4.69) is 4.84 Å². The minimum atomic E-state index is -0.364. The minimum Gasteiger partial charge on any atom is -0.380 e. The molecule has 0 spiro atoms. The van der Waals surface area contributed by atoms with E-state index < -0.39 is 0 Å². The van der Waals surface area contributed by atoms with Gasteiger partial charge in [-0.05, 0) is 24.1 Å². The van der Waals surface area contributed by atoms with Crippen LogP contribution in [0.2, 0.25) is 5.02 Å². The van der Waals surface area contributed by atoms with E-state index in [1.165, 1.54) is 13.2 Å². The lowest BCUT2D eigenvalue weighted by molar-refractivity contribution is 0.141. The van der Waals surface area contributed by atoms with E-state index in [1.807, 2.05) is 0 Å². The smallest absolute Gasteiger partial charge is 0.130 e. The molecular weight excluding hydrogens is 221 g/mol. The van der Waals surface area contributed by atoms with Crippen LogP contribution in [0.15, 0.2) is 12.1 Å². The van der Waals surface area contributed by atoms with E-state index in [9.17, 15) is 4.39 Å². The lowest BCUT2D eigenvalue weighted by atomic mass is 10.1. The van der Waals surface area contributed by atoms with Crippen molar-refractivity contribution in [3.8, 4) is 0 Å². The van der Waals surface area contributed by atoms with Gasteiger partial charge in [0.1, 0.15) is 5.82 Å². The van der Waals surface area contributed by atoms with Crippen LogP contribution in [0.4, 0.5) is 4.39 Å². The Labute approximate surface area is 92.9 Å². The van der Waals surface area contributed by atoms with Crippen LogP contribution < -0.4 is 5.90 Å². The third kappa shape index (κ3) is 3.43. The van der Waals surface area contributed by atoms with Gasteiger partial charge in [0.15, 0.2) is 0 Å². The molecular formula is C10H13ClFNO2. The number of hydrogen-bond acceptors (Lipinski definition) is 3. The van der Waals surface area contributed by atoms with Crippen LogP contribution in [0.25, 0.3) is 0 Å². The molecule has 3 nitrogen and oxygen atoms in total. The lowest BCUT2D eigenvalue weighted by Crippen LogP contribution is -2.05. The molecule has 15 heavy (non-hydrogen) atoms. The van der Waals surface area contributed by atoms with Crippen LogP contribution in [0.1, 0.15) is 11.1 Å². The van der Waals surface area contributed by atoms with E-state index in [-0.39, 0.29) is 12.4 Å². The molecule has 0 atom stereocenters. The van der Waals surface area contributed by atoms with Gasteiger partial charge >= 0.3 is 0 Å². The van der Waals surface area contributed by atoms with Gasteiger partial charge < -0.3 is 9.57 Å². The lowest BCUT2D eigenvalue weighted by Gasteiger charge is -2.07. The molecule has 0 heterocycles. The van der Waals surface area contributed by atoms with Crippen molar-refractivity contribution in [1.82, 2.24) is 0 Å². The van der Waals surface area contributed by atoms with Crippen LogP contribution >= 0.6 is 11.6 Å². The number of halogens is 2. The van der Waals surface area contributed by atoms with Crippen molar-refractivity contribution in [2.75, 3.05) is 13.7 Å².